The van der Waals surface area contributed by atoms with Gasteiger partial charge in [-0.3, -0.25) is 10.0 Å². The number of rotatable bonds is 8. The molecule has 0 saturated heterocycles. The summed E-state index contributed by atoms with van der Waals surface area (Å²) in [5, 5.41) is 8.43. The van der Waals surface area contributed by atoms with Crippen molar-refractivity contribution < 1.29 is 10.0 Å². The van der Waals surface area contributed by atoms with Crippen molar-refractivity contribution in [3.8, 4) is 0 Å². The maximum Gasteiger partial charge on any atom is 0.246 e. The van der Waals surface area contributed by atoms with Gasteiger partial charge >= 0.3 is 0 Å². The Balaban J connectivity index is 1.88. The van der Waals surface area contributed by atoms with Gasteiger partial charge in [0, 0.05) is 5.92 Å². The standard InChI is InChI=1S/C12H23NO2/c1-2-3-4-5-6-7-8-10-9-11(10)12(14)13-15/h10-11,15H,2-9H2,1H3,(H,13,14). The Hall–Kier alpha value is -0.570. The lowest BCUT2D eigenvalue weighted by molar-refractivity contribution is -0.130. The number of hydrogen-bond donors (Lipinski definition) is 2. The zero-order valence-electron chi connectivity index (χ0n) is 9.67. The first kappa shape index (κ1) is 12.5. The molecule has 0 aliphatic heterocycles. The van der Waals surface area contributed by atoms with E-state index in [4.69, 9.17) is 5.21 Å². The molecule has 0 bridgehead atoms. The van der Waals surface area contributed by atoms with Crippen LogP contribution in [0.15, 0.2) is 0 Å². The van der Waals surface area contributed by atoms with Crippen LogP contribution in [0.1, 0.15) is 58.3 Å². The largest absolute Gasteiger partial charge is 0.289 e. The van der Waals surface area contributed by atoms with E-state index < -0.39 is 0 Å². The second-order valence-electron chi connectivity index (χ2n) is 4.63. The third kappa shape index (κ3) is 4.65. The summed E-state index contributed by atoms with van der Waals surface area (Å²) in [6, 6.07) is 0. The van der Waals surface area contributed by atoms with Crippen molar-refractivity contribution in [1.29, 1.82) is 0 Å². The highest BCUT2D eigenvalue weighted by atomic mass is 16.5. The molecule has 2 unspecified atom stereocenters. The molecule has 0 heterocycles. The van der Waals surface area contributed by atoms with Crippen molar-refractivity contribution in [1.82, 2.24) is 5.48 Å². The fourth-order valence-corrected chi connectivity index (χ4v) is 2.16. The Morgan fingerprint density at radius 2 is 1.93 bits per heavy atom. The highest BCUT2D eigenvalue weighted by Crippen LogP contribution is 2.42. The van der Waals surface area contributed by atoms with Gasteiger partial charge in [-0.2, -0.15) is 0 Å². The van der Waals surface area contributed by atoms with Crippen LogP contribution in [-0.4, -0.2) is 11.1 Å². The van der Waals surface area contributed by atoms with E-state index in [1.54, 1.807) is 5.48 Å². The minimum Gasteiger partial charge on any atom is -0.289 e. The fourth-order valence-electron chi connectivity index (χ4n) is 2.16. The first-order chi connectivity index (χ1) is 7.29. The number of nitrogens with one attached hydrogen (secondary N) is 1. The van der Waals surface area contributed by atoms with E-state index in [0.717, 1.165) is 12.8 Å². The third-order valence-electron chi connectivity index (χ3n) is 3.30. The van der Waals surface area contributed by atoms with E-state index in [-0.39, 0.29) is 11.8 Å². The molecule has 3 nitrogen and oxygen atoms in total. The molecule has 15 heavy (non-hydrogen) atoms. The molecule has 1 rings (SSSR count). The number of carbonyl (C=O) groups excluding carboxylic acids is 1. The summed E-state index contributed by atoms with van der Waals surface area (Å²) in [6.45, 7) is 2.22. The van der Waals surface area contributed by atoms with Crippen LogP contribution in [0.3, 0.4) is 0 Å². The van der Waals surface area contributed by atoms with Gasteiger partial charge in [0.2, 0.25) is 5.91 Å². The lowest BCUT2D eigenvalue weighted by Crippen LogP contribution is -2.21. The Morgan fingerprint density at radius 3 is 2.60 bits per heavy atom. The molecule has 0 spiro atoms. The molecule has 1 aliphatic carbocycles. The van der Waals surface area contributed by atoms with Gasteiger partial charge in [0.15, 0.2) is 0 Å². The van der Waals surface area contributed by atoms with Gasteiger partial charge in [0.1, 0.15) is 0 Å². The molecular formula is C12H23NO2. The maximum absolute atomic E-state index is 11.0. The maximum atomic E-state index is 11.0. The van der Waals surface area contributed by atoms with Crippen molar-refractivity contribution in [3.63, 3.8) is 0 Å². The lowest BCUT2D eigenvalue weighted by Gasteiger charge is -2.00. The zero-order chi connectivity index (χ0) is 11.1. The molecule has 2 atom stereocenters. The van der Waals surface area contributed by atoms with Gasteiger partial charge < -0.3 is 0 Å². The number of carbonyl (C=O) groups is 1. The van der Waals surface area contributed by atoms with Crippen molar-refractivity contribution in [2.75, 3.05) is 0 Å². The smallest absolute Gasteiger partial charge is 0.246 e. The highest BCUT2D eigenvalue weighted by Gasteiger charge is 2.41. The van der Waals surface area contributed by atoms with E-state index in [0.29, 0.717) is 5.92 Å². The minimum atomic E-state index is -0.189. The fraction of sp³-hybridized carbons (Fsp3) is 0.917. The molecule has 0 radical (unpaired) electrons. The summed E-state index contributed by atoms with van der Waals surface area (Å²) >= 11 is 0. The van der Waals surface area contributed by atoms with Gasteiger partial charge in [-0.1, -0.05) is 45.4 Å². The predicted molar refractivity (Wildman–Crippen MR) is 59.5 cm³/mol. The summed E-state index contributed by atoms with van der Waals surface area (Å²) in [7, 11) is 0. The summed E-state index contributed by atoms with van der Waals surface area (Å²) < 4.78 is 0. The lowest BCUT2D eigenvalue weighted by atomic mass is 10.1. The molecule has 3 heteroatoms. The Kier molecular flexibility index (Phi) is 5.69. The van der Waals surface area contributed by atoms with Gasteiger partial charge in [-0.25, -0.2) is 5.48 Å². The number of amides is 1. The predicted octanol–water partition coefficient (Wildman–Crippen LogP) is 2.88. The van der Waals surface area contributed by atoms with Crippen LogP contribution in [0.5, 0.6) is 0 Å². The van der Waals surface area contributed by atoms with Crippen LogP contribution in [0.25, 0.3) is 0 Å². The average Bonchev–Trinajstić information content (AvgIpc) is 3.01. The number of hydrogen-bond acceptors (Lipinski definition) is 2. The van der Waals surface area contributed by atoms with Crippen LogP contribution < -0.4 is 5.48 Å². The summed E-state index contributed by atoms with van der Waals surface area (Å²) in [4.78, 5) is 11.0. The molecule has 2 N–H and O–H groups in total. The van der Waals surface area contributed by atoms with Gasteiger partial charge in [-0.05, 0) is 18.8 Å². The molecule has 88 valence electrons. The van der Waals surface area contributed by atoms with E-state index in [1.807, 2.05) is 0 Å². The monoisotopic (exact) mass is 213 g/mol. The topological polar surface area (TPSA) is 49.3 Å². The molecule has 0 aromatic carbocycles. The first-order valence-electron chi connectivity index (χ1n) is 6.23. The zero-order valence-corrected chi connectivity index (χ0v) is 9.67. The van der Waals surface area contributed by atoms with Crippen LogP contribution in [-0.2, 0) is 4.79 Å². The molecule has 0 aromatic heterocycles. The van der Waals surface area contributed by atoms with Crippen LogP contribution in [0.2, 0.25) is 0 Å². The SMILES string of the molecule is CCCCCCCCC1CC1C(=O)NO. The Morgan fingerprint density at radius 1 is 1.27 bits per heavy atom. The van der Waals surface area contributed by atoms with Crippen molar-refractivity contribution in [3.05, 3.63) is 0 Å². The van der Waals surface area contributed by atoms with E-state index in [9.17, 15) is 4.79 Å². The third-order valence-corrected chi connectivity index (χ3v) is 3.30. The second-order valence-corrected chi connectivity index (χ2v) is 4.63. The van der Waals surface area contributed by atoms with Gasteiger partial charge in [0.25, 0.3) is 0 Å². The molecular weight excluding hydrogens is 190 g/mol. The van der Waals surface area contributed by atoms with Crippen molar-refractivity contribution in [2.45, 2.75) is 58.3 Å². The van der Waals surface area contributed by atoms with Crippen LogP contribution in [0, 0.1) is 11.8 Å². The Bertz CT molecular complexity index is 194. The first-order valence-corrected chi connectivity index (χ1v) is 6.23. The minimum absolute atomic E-state index is 0.102. The van der Waals surface area contributed by atoms with E-state index in [1.165, 1.54) is 38.5 Å². The van der Waals surface area contributed by atoms with Crippen LogP contribution >= 0.6 is 0 Å². The molecule has 0 aromatic rings. The summed E-state index contributed by atoms with van der Waals surface area (Å²) in [5.74, 6) is 0.458. The molecule has 1 saturated carbocycles. The van der Waals surface area contributed by atoms with Gasteiger partial charge in [-0.15, -0.1) is 0 Å². The normalized spacial score (nSPS) is 23.9. The quantitative estimate of drug-likeness (QED) is 0.370. The van der Waals surface area contributed by atoms with E-state index in [2.05, 4.69) is 6.92 Å². The average molecular weight is 213 g/mol. The highest BCUT2D eigenvalue weighted by molar-refractivity contribution is 5.80. The van der Waals surface area contributed by atoms with Gasteiger partial charge in [0.05, 0.1) is 0 Å². The number of unbranched alkanes of at least 4 members (excludes halogenated alkanes) is 5. The van der Waals surface area contributed by atoms with Crippen molar-refractivity contribution >= 4 is 5.91 Å². The second kappa shape index (κ2) is 6.83. The van der Waals surface area contributed by atoms with Crippen LogP contribution in [0.4, 0.5) is 0 Å². The molecule has 1 aliphatic rings. The molecule has 1 amide bonds. The number of hydroxylamine groups is 1. The summed E-state index contributed by atoms with van der Waals surface area (Å²) in [6.07, 6.45) is 9.98. The Labute approximate surface area is 92.2 Å². The van der Waals surface area contributed by atoms with Crippen molar-refractivity contribution in [2.24, 2.45) is 11.8 Å². The summed E-state index contributed by atoms with van der Waals surface area (Å²) in [5.41, 5.74) is 1.74. The molecule has 1 fully saturated rings. The van der Waals surface area contributed by atoms with E-state index >= 15 is 0 Å².